The Hall–Kier alpha value is -0.610. The predicted octanol–water partition coefficient (Wildman–Crippen LogP) is 1.10. The Kier molecular flexibility index (Phi) is 13.4. The van der Waals surface area contributed by atoms with Crippen molar-refractivity contribution in [3.05, 3.63) is 0 Å². The second-order valence-corrected chi connectivity index (χ2v) is 7.14. The van der Waals surface area contributed by atoms with Crippen LogP contribution in [0.15, 0.2) is 4.51 Å². The highest BCUT2D eigenvalue weighted by Crippen LogP contribution is 2.04. The molecule has 23 heavy (non-hydrogen) atoms. The van der Waals surface area contributed by atoms with Crippen LogP contribution in [0, 0.1) is 0 Å². The van der Waals surface area contributed by atoms with Crippen LogP contribution in [0.5, 0.6) is 0 Å². The van der Waals surface area contributed by atoms with Gasteiger partial charge in [0.1, 0.15) is 0 Å². The molecular weight excluding hydrogens is 342 g/mol. The molecule has 10 heteroatoms. The second kappa shape index (κ2) is 13.8. The van der Waals surface area contributed by atoms with Crippen LogP contribution in [-0.2, 0) is 10.1 Å². The summed E-state index contributed by atoms with van der Waals surface area (Å²) >= 11 is 5.29. The summed E-state index contributed by atoms with van der Waals surface area (Å²) in [4.78, 5) is 2.25. The Bertz CT molecular complexity index is 420. The van der Waals surface area contributed by atoms with Crippen LogP contribution in [0.25, 0.3) is 0 Å². The van der Waals surface area contributed by atoms with E-state index in [-0.39, 0.29) is 5.75 Å². The van der Waals surface area contributed by atoms with Crippen LogP contribution in [0.3, 0.4) is 0 Å². The molecular formula is C13H30ClN5O3S. The molecule has 8 nitrogen and oxygen atoms in total. The molecule has 0 saturated heterocycles. The van der Waals surface area contributed by atoms with E-state index in [0.717, 1.165) is 51.7 Å². The minimum atomic E-state index is -3.85. The van der Waals surface area contributed by atoms with Crippen molar-refractivity contribution in [3.8, 4) is 0 Å². The molecule has 0 aromatic carbocycles. The number of rotatable bonds is 13. The average Bonchev–Trinajstić information content (AvgIpc) is 2.49. The van der Waals surface area contributed by atoms with E-state index in [2.05, 4.69) is 27.1 Å². The van der Waals surface area contributed by atoms with Crippen LogP contribution < -0.4 is 16.6 Å². The molecule has 0 amide bonds. The van der Waals surface area contributed by atoms with E-state index in [1.54, 1.807) is 0 Å². The molecule has 0 atom stereocenters. The number of halogens is 1. The Labute approximate surface area is 144 Å². The van der Waals surface area contributed by atoms with Gasteiger partial charge in [-0.3, -0.25) is 9.98 Å². The maximum absolute atomic E-state index is 10.7. The zero-order valence-corrected chi connectivity index (χ0v) is 15.4. The van der Waals surface area contributed by atoms with Gasteiger partial charge in [0.15, 0.2) is 0 Å². The summed E-state index contributed by atoms with van der Waals surface area (Å²) < 4.78 is 33.6. The Balaban J connectivity index is 3.71. The second-order valence-electron chi connectivity index (χ2n) is 5.40. The van der Waals surface area contributed by atoms with Gasteiger partial charge in [0.05, 0.1) is 5.75 Å². The number of nitrogens with zero attached hydrogens (tertiary/aromatic N) is 2. The SMILES string of the molecule is CCCN(CCCCCCN/C(=N\Cl)NN)CCCS(=O)(=O)O. The maximum Gasteiger partial charge on any atom is 0.264 e. The average molecular weight is 372 g/mol. The lowest BCUT2D eigenvalue weighted by atomic mass is 10.2. The molecule has 5 N–H and O–H groups in total. The smallest absolute Gasteiger partial charge is 0.264 e. The van der Waals surface area contributed by atoms with Gasteiger partial charge in [-0.15, -0.1) is 4.51 Å². The highest BCUT2D eigenvalue weighted by atomic mass is 35.5. The molecule has 0 bridgehead atoms. The third-order valence-corrected chi connectivity index (χ3v) is 4.30. The Morgan fingerprint density at radius 2 is 1.83 bits per heavy atom. The van der Waals surface area contributed by atoms with Crippen LogP contribution in [0.2, 0.25) is 0 Å². The zero-order chi connectivity index (χ0) is 17.6. The molecule has 0 aliphatic carbocycles. The van der Waals surface area contributed by atoms with Crippen molar-refractivity contribution < 1.29 is 13.0 Å². The number of hydrogen-bond donors (Lipinski definition) is 4. The van der Waals surface area contributed by atoms with E-state index in [9.17, 15) is 8.42 Å². The van der Waals surface area contributed by atoms with E-state index < -0.39 is 10.1 Å². The van der Waals surface area contributed by atoms with Crippen molar-refractivity contribution in [1.82, 2.24) is 15.6 Å². The molecule has 0 aliphatic rings. The summed E-state index contributed by atoms with van der Waals surface area (Å²) in [7, 11) is -3.85. The molecule has 0 spiro atoms. The van der Waals surface area contributed by atoms with E-state index in [0.29, 0.717) is 18.9 Å². The molecule has 0 aromatic rings. The van der Waals surface area contributed by atoms with Gasteiger partial charge in [0.2, 0.25) is 5.96 Å². The third-order valence-electron chi connectivity index (χ3n) is 3.33. The van der Waals surface area contributed by atoms with Crippen LogP contribution in [-0.4, -0.2) is 55.8 Å². The van der Waals surface area contributed by atoms with Gasteiger partial charge < -0.3 is 10.2 Å². The number of guanidine groups is 1. The zero-order valence-electron chi connectivity index (χ0n) is 13.8. The van der Waals surface area contributed by atoms with E-state index in [1.807, 2.05) is 0 Å². The fourth-order valence-corrected chi connectivity index (χ4v) is 2.85. The normalized spacial score (nSPS) is 12.7. The predicted molar refractivity (Wildman–Crippen MR) is 94.8 cm³/mol. The first kappa shape index (κ1) is 22.4. The van der Waals surface area contributed by atoms with E-state index in [4.69, 9.17) is 22.2 Å². The minimum Gasteiger partial charge on any atom is -0.354 e. The lowest BCUT2D eigenvalue weighted by Gasteiger charge is -2.21. The maximum atomic E-state index is 10.7. The van der Waals surface area contributed by atoms with Crippen molar-refractivity contribution in [2.75, 3.05) is 31.9 Å². The summed E-state index contributed by atoms with van der Waals surface area (Å²) in [5, 5.41) is 2.97. The molecule has 0 aliphatic heterocycles. The highest BCUT2D eigenvalue weighted by Gasteiger charge is 2.08. The first-order chi connectivity index (χ1) is 10.9. The van der Waals surface area contributed by atoms with Gasteiger partial charge in [0, 0.05) is 18.3 Å². The standard InChI is InChI=1S/C13H30ClN5O3S/c1-2-9-19(11-7-12-23(20,21)22)10-6-4-3-5-8-16-13(17-14)18-15/h2-12,15H2,1H3,(H2,16,17,18)(H,20,21,22). The minimum absolute atomic E-state index is 0.168. The lowest BCUT2D eigenvalue weighted by Crippen LogP contribution is -2.41. The van der Waals surface area contributed by atoms with Crippen LogP contribution >= 0.6 is 11.8 Å². The van der Waals surface area contributed by atoms with Gasteiger partial charge in [0.25, 0.3) is 10.1 Å². The Morgan fingerprint density at radius 1 is 1.17 bits per heavy atom. The summed E-state index contributed by atoms with van der Waals surface area (Å²) in [5.41, 5.74) is 2.35. The molecule has 0 rings (SSSR count). The topological polar surface area (TPSA) is 120 Å². The summed E-state index contributed by atoms with van der Waals surface area (Å²) in [6.07, 6.45) is 5.74. The molecule has 0 heterocycles. The number of hydrogen-bond acceptors (Lipinski definition) is 5. The number of unbranched alkanes of at least 4 members (excludes halogenated alkanes) is 3. The quantitative estimate of drug-likeness (QED) is 0.0955. The summed E-state index contributed by atoms with van der Waals surface area (Å²) in [6.45, 7) is 5.45. The van der Waals surface area contributed by atoms with Crippen molar-refractivity contribution >= 4 is 27.9 Å². The first-order valence-electron chi connectivity index (χ1n) is 8.00. The number of hydrazine groups is 1. The highest BCUT2D eigenvalue weighted by molar-refractivity contribution is 7.85. The summed E-state index contributed by atoms with van der Waals surface area (Å²) in [5.74, 6) is 5.38. The lowest BCUT2D eigenvalue weighted by molar-refractivity contribution is 0.267. The van der Waals surface area contributed by atoms with Gasteiger partial charge in [-0.1, -0.05) is 19.8 Å². The van der Waals surface area contributed by atoms with Crippen molar-refractivity contribution in [2.24, 2.45) is 10.4 Å². The molecule has 0 unspecified atom stereocenters. The number of nitrogens with one attached hydrogen (secondary N) is 2. The third kappa shape index (κ3) is 14.7. The summed E-state index contributed by atoms with van der Waals surface area (Å²) in [6, 6.07) is 0. The van der Waals surface area contributed by atoms with Gasteiger partial charge in [-0.05, 0) is 45.3 Å². The van der Waals surface area contributed by atoms with Crippen molar-refractivity contribution in [3.63, 3.8) is 0 Å². The first-order valence-corrected chi connectivity index (χ1v) is 9.94. The van der Waals surface area contributed by atoms with E-state index in [1.165, 1.54) is 0 Å². The molecule has 0 radical (unpaired) electrons. The van der Waals surface area contributed by atoms with Crippen molar-refractivity contribution in [2.45, 2.75) is 45.4 Å². The monoisotopic (exact) mass is 371 g/mol. The van der Waals surface area contributed by atoms with Gasteiger partial charge in [-0.25, -0.2) is 5.84 Å². The van der Waals surface area contributed by atoms with Gasteiger partial charge >= 0.3 is 0 Å². The van der Waals surface area contributed by atoms with Gasteiger partial charge in [-0.2, -0.15) is 8.42 Å². The largest absolute Gasteiger partial charge is 0.354 e. The molecule has 0 fully saturated rings. The Morgan fingerprint density at radius 3 is 2.39 bits per heavy atom. The number of nitrogens with two attached hydrogens (primary N) is 1. The van der Waals surface area contributed by atoms with Crippen LogP contribution in [0.1, 0.15) is 45.4 Å². The molecule has 0 saturated carbocycles. The fraction of sp³-hybridized carbons (Fsp3) is 0.923. The molecule has 0 aromatic heterocycles. The molecule has 138 valence electrons. The van der Waals surface area contributed by atoms with Crippen molar-refractivity contribution in [1.29, 1.82) is 0 Å². The van der Waals surface area contributed by atoms with Crippen LogP contribution in [0.4, 0.5) is 0 Å². The fourth-order valence-electron chi connectivity index (χ4n) is 2.25. The van der Waals surface area contributed by atoms with E-state index >= 15 is 0 Å².